The predicted molar refractivity (Wildman–Crippen MR) is 140 cm³/mol. The summed E-state index contributed by atoms with van der Waals surface area (Å²) in [5, 5.41) is 0. The molecule has 6 rings (SSSR count). The average Bonchev–Trinajstić information content (AvgIpc) is 3.29. The van der Waals surface area contributed by atoms with Crippen LogP contribution in [0.1, 0.15) is 77.2 Å². The van der Waals surface area contributed by atoms with E-state index in [1.807, 2.05) is 44.2 Å². The van der Waals surface area contributed by atoms with Gasteiger partial charge in [0.2, 0.25) is 11.8 Å². The van der Waals surface area contributed by atoms with E-state index in [0.717, 1.165) is 55.5 Å². The number of amides is 2. The largest absolute Gasteiger partial charge is 0.320 e. The Labute approximate surface area is 216 Å². The van der Waals surface area contributed by atoms with E-state index in [1.54, 1.807) is 0 Å². The molecule has 6 heteroatoms. The molecule has 36 heavy (non-hydrogen) atoms. The number of nitrogens with two attached hydrogens (primary N) is 1. The van der Waals surface area contributed by atoms with Gasteiger partial charge in [0, 0.05) is 5.41 Å². The first-order chi connectivity index (χ1) is 17.2. The lowest BCUT2D eigenvalue weighted by molar-refractivity contribution is -0.151. The number of rotatable bonds is 9. The summed E-state index contributed by atoms with van der Waals surface area (Å²) in [6, 6.07) is 8.50. The van der Waals surface area contributed by atoms with E-state index >= 15 is 0 Å². The van der Waals surface area contributed by atoms with E-state index in [2.05, 4.69) is 4.90 Å². The van der Waals surface area contributed by atoms with Crippen molar-refractivity contribution in [2.24, 2.45) is 34.8 Å². The van der Waals surface area contributed by atoms with Crippen LogP contribution in [0.4, 0.5) is 0 Å². The molecule has 0 aromatic heterocycles. The number of likely N-dealkylation sites (tertiary alicyclic amines) is 1. The SMILES string of the molecule is CC(C)C[C@H](N)C(=O)N(Cc1ccccc1)C(=O)[C@@H]1CCCN1CC(=O)C12CC3CC(CC(C3)C1)C2. The van der Waals surface area contributed by atoms with Gasteiger partial charge in [-0.2, -0.15) is 0 Å². The fraction of sp³-hybridized carbons (Fsp3) is 0.700. The van der Waals surface area contributed by atoms with Crippen molar-refractivity contribution in [3.05, 3.63) is 35.9 Å². The van der Waals surface area contributed by atoms with Crippen LogP contribution in [0.5, 0.6) is 0 Å². The molecule has 2 amide bonds. The lowest BCUT2D eigenvalue weighted by atomic mass is 9.48. The molecule has 1 aromatic rings. The number of hydrogen-bond acceptors (Lipinski definition) is 5. The Morgan fingerprint density at radius 2 is 1.64 bits per heavy atom. The molecule has 0 unspecified atom stereocenters. The van der Waals surface area contributed by atoms with Gasteiger partial charge >= 0.3 is 0 Å². The highest BCUT2D eigenvalue weighted by Gasteiger charge is 2.54. The van der Waals surface area contributed by atoms with E-state index < -0.39 is 12.1 Å². The number of nitrogens with zero attached hydrogens (tertiary/aromatic N) is 2. The monoisotopic (exact) mass is 493 g/mol. The molecule has 1 saturated heterocycles. The van der Waals surface area contributed by atoms with Crippen LogP contribution < -0.4 is 5.73 Å². The Hall–Kier alpha value is -2.05. The standard InChI is InChI=1S/C30H43N3O3/c1-20(2)11-25(31)28(35)33(18-21-7-4-3-5-8-21)29(36)26-9-6-10-32(26)19-27(34)30-15-22-12-23(16-30)14-24(13-22)17-30/h3-5,7-8,20,22-26H,6,9-19,31H2,1-2H3/t22?,23?,24?,25-,26-,30?/m0/s1. The molecule has 4 saturated carbocycles. The second-order valence-electron chi connectivity index (χ2n) is 12.7. The van der Waals surface area contributed by atoms with E-state index in [9.17, 15) is 14.4 Å². The van der Waals surface area contributed by atoms with Crippen LogP contribution >= 0.6 is 0 Å². The molecule has 5 aliphatic rings. The Kier molecular flexibility index (Phi) is 7.37. The minimum atomic E-state index is -0.707. The van der Waals surface area contributed by atoms with Crippen molar-refractivity contribution in [2.45, 2.75) is 90.3 Å². The maximum atomic E-state index is 13.9. The van der Waals surface area contributed by atoms with Crippen molar-refractivity contribution in [3.63, 3.8) is 0 Å². The molecule has 1 aliphatic heterocycles. The highest BCUT2D eigenvalue weighted by molar-refractivity contribution is 6.00. The average molecular weight is 494 g/mol. The molecular formula is C30H43N3O3. The molecule has 0 radical (unpaired) electrons. The summed E-state index contributed by atoms with van der Waals surface area (Å²) in [5.41, 5.74) is 7.03. The number of benzene rings is 1. The van der Waals surface area contributed by atoms with Gasteiger partial charge in [-0.05, 0) is 93.6 Å². The smallest absolute Gasteiger partial charge is 0.246 e. The second kappa shape index (κ2) is 10.4. The molecule has 4 aliphatic carbocycles. The molecule has 0 spiro atoms. The maximum Gasteiger partial charge on any atom is 0.246 e. The summed E-state index contributed by atoms with van der Waals surface area (Å²) in [4.78, 5) is 44.6. The van der Waals surface area contributed by atoms with Crippen molar-refractivity contribution in [1.82, 2.24) is 9.80 Å². The quantitative estimate of drug-likeness (QED) is 0.558. The summed E-state index contributed by atoms with van der Waals surface area (Å²) >= 11 is 0. The van der Waals surface area contributed by atoms with Gasteiger partial charge in [0.1, 0.15) is 0 Å². The first-order valence-corrected chi connectivity index (χ1v) is 14.2. The van der Waals surface area contributed by atoms with Gasteiger partial charge in [-0.1, -0.05) is 44.2 Å². The maximum absolute atomic E-state index is 13.9. The molecular weight excluding hydrogens is 450 g/mol. The minimum absolute atomic E-state index is 0.163. The third-order valence-corrected chi connectivity index (χ3v) is 9.38. The molecule has 196 valence electrons. The third kappa shape index (κ3) is 5.17. The van der Waals surface area contributed by atoms with Crippen molar-refractivity contribution in [3.8, 4) is 0 Å². The minimum Gasteiger partial charge on any atom is -0.320 e. The fourth-order valence-electron chi connectivity index (χ4n) is 8.12. The van der Waals surface area contributed by atoms with Gasteiger partial charge in [0.15, 0.2) is 5.78 Å². The Bertz CT molecular complexity index is 940. The zero-order valence-electron chi connectivity index (χ0n) is 22.0. The summed E-state index contributed by atoms with van der Waals surface area (Å²) in [6.45, 7) is 5.36. The second-order valence-corrected chi connectivity index (χ2v) is 12.7. The van der Waals surface area contributed by atoms with Crippen LogP contribution in [0.25, 0.3) is 0 Å². The molecule has 2 N–H and O–H groups in total. The fourth-order valence-corrected chi connectivity index (χ4v) is 8.12. The van der Waals surface area contributed by atoms with Crippen molar-refractivity contribution >= 4 is 17.6 Å². The predicted octanol–water partition coefficient (Wildman–Crippen LogP) is 4.17. The Balaban J connectivity index is 1.31. The van der Waals surface area contributed by atoms with Gasteiger partial charge in [-0.3, -0.25) is 24.2 Å². The van der Waals surface area contributed by atoms with Crippen molar-refractivity contribution in [2.75, 3.05) is 13.1 Å². The number of Topliss-reactive ketones (excluding diaryl/α,β-unsaturated/α-hetero) is 1. The van der Waals surface area contributed by atoms with E-state index in [4.69, 9.17) is 5.73 Å². The number of carbonyl (C=O) groups excluding carboxylic acids is 3. The van der Waals surface area contributed by atoms with Gasteiger partial charge in [0.05, 0.1) is 25.2 Å². The van der Waals surface area contributed by atoms with Crippen LogP contribution in [-0.2, 0) is 20.9 Å². The van der Waals surface area contributed by atoms with Gasteiger partial charge in [-0.15, -0.1) is 0 Å². The van der Waals surface area contributed by atoms with Crippen LogP contribution in [-0.4, -0.2) is 52.6 Å². The topological polar surface area (TPSA) is 83.7 Å². The number of ketones is 1. The molecule has 1 heterocycles. The summed E-state index contributed by atoms with van der Waals surface area (Å²) in [5.74, 6) is 2.26. The van der Waals surface area contributed by atoms with Crippen LogP contribution in [0, 0.1) is 29.1 Å². The van der Waals surface area contributed by atoms with Crippen molar-refractivity contribution < 1.29 is 14.4 Å². The molecule has 5 fully saturated rings. The highest BCUT2D eigenvalue weighted by Crippen LogP contribution is 2.60. The highest BCUT2D eigenvalue weighted by atomic mass is 16.2. The zero-order valence-corrected chi connectivity index (χ0v) is 22.0. The van der Waals surface area contributed by atoms with Crippen LogP contribution in [0.15, 0.2) is 30.3 Å². The molecule has 2 atom stereocenters. The van der Waals surface area contributed by atoms with E-state index in [0.29, 0.717) is 25.2 Å². The normalized spacial score (nSPS) is 32.1. The number of hydrogen-bond donors (Lipinski definition) is 1. The lowest BCUT2D eigenvalue weighted by Crippen LogP contribution is -2.55. The van der Waals surface area contributed by atoms with Crippen LogP contribution in [0.3, 0.4) is 0 Å². The zero-order chi connectivity index (χ0) is 25.4. The van der Waals surface area contributed by atoms with Gasteiger partial charge < -0.3 is 5.73 Å². The Morgan fingerprint density at radius 3 is 2.22 bits per heavy atom. The van der Waals surface area contributed by atoms with Crippen LogP contribution in [0.2, 0.25) is 0 Å². The number of imide groups is 1. The first-order valence-electron chi connectivity index (χ1n) is 14.2. The molecule has 4 bridgehead atoms. The van der Waals surface area contributed by atoms with E-state index in [1.165, 1.54) is 24.2 Å². The summed E-state index contributed by atoms with van der Waals surface area (Å²) < 4.78 is 0. The molecule has 6 nitrogen and oxygen atoms in total. The van der Waals surface area contributed by atoms with Crippen molar-refractivity contribution in [1.29, 1.82) is 0 Å². The molecule has 1 aromatic carbocycles. The third-order valence-electron chi connectivity index (χ3n) is 9.38. The lowest BCUT2D eigenvalue weighted by Gasteiger charge is -2.56. The van der Waals surface area contributed by atoms with E-state index in [-0.39, 0.29) is 29.7 Å². The first kappa shape index (κ1) is 25.6. The summed E-state index contributed by atoms with van der Waals surface area (Å²) in [6.07, 6.45) is 9.17. The van der Waals surface area contributed by atoms with Gasteiger partial charge in [-0.25, -0.2) is 0 Å². The van der Waals surface area contributed by atoms with Gasteiger partial charge in [0.25, 0.3) is 0 Å². The summed E-state index contributed by atoms with van der Waals surface area (Å²) in [7, 11) is 0. The Morgan fingerprint density at radius 1 is 1.03 bits per heavy atom. The number of carbonyl (C=O) groups is 3.